The molecule has 0 unspecified atom stereocenters. The maximum atomic E-state index is 11.4. The van der Waals surface area contributed by atoms with Gasteiger partial charge in [-0.25, -0.2) is 4.79 Å². The number of aliphatic carboxylic acids is 1. The summed E-state index contributed by atoms with van der Waals surface area (Å²) in [4.78, 5) is 26.0. The molecule has 0 atom stereocenters. The molecule has 0 aliphatic carbocycles. The molecule has 0 radical (unpaired) electrons. The number of nitrogens with one attached hydrogen (secondary N) is 1. The zero-order valence-electron chi connectivity index (χ0n) is 10.4. The second-order valence-corrected chi connectivity index (χ2v) is 4.21. The summed E-state index contributed by atoms with van der Waals surface area (Å²) in [5, 5.41) is 14.7. The third kappa shape index (κ3) is 4.13. The van der Waals surface area contributed by atoms with E-state index in [0.29, 0.717) is 5.82 Å². The molecular weight excluding hydrogens is 242 g/mol. The molecule has 0 saturated carbocycles. The SMILES string of the molecule is Cc1noc(COCC(=O)NC(C)(C)C(=O)O)n1. The fraction of sp³-hybridized carbons (Fsp3) is 0.600. The standard InChI is InChI=1S/C10H15N3O5/c1-6-11-8(18-13-6)5-17-4-7(14)12-10(2,3)9(15)16/h4-5H2,1-3H3,(H,12,14)(H,15,16). The van der Waals surface area contributed by atoms with Crippen LogP contribution in [0, 0.1) is 6.92 Å². The number of aryl methyl sites for hydroxylation is 1. The van der Waals surface area contributed by atoms with E-state index in [9.17, 15) is 9.59 Å². The number of carbonyl (C=O) groups is 2. The number of ether oxygens (including phenoxy) is 1. The lowest BCUT2D eigenvalue weighted by Gasteiger charge is -2.20. The van der Waals surface area contributed by atoms with Crippen molar-refractivity contribution in [2.75, 3.05) is 6.61 Å². The second-order valence-electron chi connectivity index (χ2n) is 4.21. The highest BCUT2D eigenvalue weighted by Gasteiger charge is 2.28. The van der Waals surface area contributed by atoms with Crippen molar-refractivity contribution in [3.8, 4) is 0 Å². The summed E-state index contributed by atoms with van der Waals surface area (Å²) >= 11 is 0. The van der Waals surface area contributed by atoms with Gasteiger partial charge in [-0.15, -0.1) is 0 Å². The highest BCUT2D eigenvalue weighted by atomic mass is 16.5. The van der Waals surface area contributed by atoms with Crippen molar-refractivity contribution in [1.29, 1.82) is 0 Å². The van der Waals surface area contributed by atoms with Crippen LogP contribution in [0.2, 0.25) is 0 Å². The van der Waals surface area contributed by atoms with Crippen LogP contribution < -0.4 is 5.32 Å². The minimum atomic E-state index is -1.33. The van der Waals surface area contributed by atoms with Gasteiger partial charge in [0.2, 0.25) is 5.91 Å². The second kappa shape index (κ2) is 5.58. The molecular formula is C10H15N3O5. The summed E-state index contributed by atoms with van der Waals surface area (Å²) in [5.74, 6) is -0.912. The number of carbonyl (C=O) groups excluding carboxylic acids is 1. The van der Waals surface area contributed by atoms with Crippen LogP contribution >= 0.6 is 0 Å². The van der Waals surface area contributed by atoms with E-state index in [0.717, 1.165) is 0 Å². The van der Waals surface area contributed by atoms with E-state index in [4.69, 9.17) is 14.4 Å². The fourth-order valence-corrected chi connectivity index (χ4v) is 1.07. The highest BCUT2D eigenvalue weighted by molar-refractivity contribution is 5.86. The van der Waals surface area contributed by atoms with Gasteiger partial charge in [0.1, 0.15) is 18.8 Å². The van der Waals surface area contributed by atoms with Crippen molar-refractivity contribution < 1.29 is 24.0 Å². The normalized spacial score (nSPS) is 11.3. The number of carboxylic acids is 1. The maximum absolute atomic E-state index is 11.4. The van der Waals surface area contributed by atoms with Crippen LogP contribution in [0.25, 0.3) is 0 Å². The molecule has 0 aliphatic rings. The summed E-state index contributed by atoms with van der Waals surface area (Å²) in [7, 11) is 0. The molecule has 1 aromatic rings. The third-order valence-corrected chi connectivity index (χ3v) is 2.01. The Kier molecular flexibility index (Phi) is 4.38. The summed E-state index contributed by atoms with van der Waals surface area (Å²) in [6, 6.07) is 0. The van der Waals surface area contributed by atoms with Crippen molar-refractivity contribution >= 4 is 11.9 Å². The van der Waals surface area contributed by atoms with Crippen LogP contribution in [0.5, 0.6) is 0 Å². The fourth-order valence-electron chi connectivity index (χ4n) is 1.07. The van der Waals surface area contributed by atoms with E-state index in [-0.39, 0.29) is 19.1 Å². The largest absolute Gasteiger partial charge is 0.480 e. The summed E-state index contributed by atoms with van der Waals surface area (Å²) in [6.07, 6.45) is 0. The summed E-state index contributed by atoms with van der Waals surface area (Å²) < 4.78 is 9.79. The Morgan fingerprint density at radius 3 is 2.67 bits per heavy atom. The quantitative estimate of drug-likeness (QED) is 0.729. The Hall–Kier alpha value is -1.96. The van der Waals surface area contributed by atoms with Crippen molar-refractivity contribution in [3.05, 3.63) is 11.7 Å². The predicted octanol–water partition coefficient (Wildman–Crippen LogP) is -0.126. The average Bonchev–Trinajstić information content (AvgIpc) is 2.63. The molecule has 8 nitrogen and oxygen atoms in total. The Morgan fingerprint density at radius 2 is 2.17 bits per heavy atom. The first-order valence-electron chi connectivity index (χ1n) is 5.22. The molecule has 1 amide bonds. The monoisotopic (exact) mass is 257 g/mol. The lowest BCUT2D eigenvalue weighted by Crippen LogP contribution is -2.50. The molecule has 0 bridgehead atoms. The van der Waals surface area contributed by atoms with Crippen LogP contribution in [0.15, 0.2) is 4.52 Å². The molecule has 1 rings (SSSR count). The Bertz CT molecular complexity index is 440. The van der Waals surface area contributed by atoms with Gasteiger partial charge in [0.05, 0.1) is 0 Å². The van der Waals surface area contributed by atoms with Crippen LogP contribution in [0.1, 0.15) is 25.6 Å². The number of nitrogens with zero attached hydrogens (tertiary/aromatic N) is 2. The third-order valence-electron chi connectivity index (χ3n) is 2.01. The Labute approximate surface area is 103 Å². The van der Waals surface area contributed by atoms with Gasteiger partial charge < -0.3 is 19.7 Å². The van der Waals surface area contributed by atoms with E-state index in [2.05, 4.69) is 15.5 Å². The molecule has 100 valence electrons. The number of rotatable bonds is 6. The minimum Gasteiger partial charge on any atom is -0.480 e. The molecule has 2 N–H and O–H groups in total. The Balaban J connectivity index is 2.32. The topological polar surface area (TPSA) is 115 Å². The first-order chi connectivity index (χ1) is 8.31. The minimum absolute atomic E-state index is 0.00175. The maximum Gasteiger partial charge on any atom is 0.328 e. The smallest absolute Gasteiger partial charge is 0.328 e. The lowest BCUT2D eigenvalue weighted by molar-refractivity contribution is -0.146. The average molecular weight is 257 g/mol. The zero-order valence-corrected chi connectivity index (χ0v) is 10.4. The van der Waals surface area contributed by atoms with Gasteiger partial charge in [-0.3, -0.25) is 4.79 Å². The van der Waals surface area contributed by atoms with Gasteiger partial charge >= 0.3 is 5.97 Å². The van der Waals surface area contributed by atoms with Crippen molar-refractivity contribution in [1.82, 2.24) is 15.5 Å². The van der Waals surface area contributed by atoms with Gasteiger partial charge in [0.25, 0.3) is 5.89 Å². The summed E-state index contributed by atoms with van der Waals surface area (Å²) in [6.45, 7) is 4.15. The van der Waals surface area contributed by atoms with Crippen LogP contribution in [-0.4, -0.2) is 39.3 Å². The number of amides is 1. The van der Waals surface area contributed by atoms with Gasteiger partial charge in [-0.1, -0.05) is 5.16 Å². The van der Waals surface area contributed by atoms with Gasteiger partial charge in [0.15, 0.2) is 5.82 Å². The number of hydrogen-bond donors (Lipinski definition) is 2. The first kappa shape index (κ1) is 14.1. The van der Waals surface area contributed by atoms with E-state index in [1.807, 2.05) is 0 Å². The number of hydrogen-bond acceptors (Lipinski definition) is 6. The molecule has 0 aliphatic heterocycles. The van der Waals surface area contributed by atoms with E-state index < -0.39 is 17.4 Å². The van der Waals surface area contributed by atoms with E-state index >= 15 is 0 Å². The molecule has 1 aromatic heterocycles. The molecule has 18 heavy (non-hydrogen) atoms. The van der Waals surface area contributed by atoms with Gasteiger partial charge in [-0.05, 0) is 20.8 Å². The van der Waals surface area contributed by atoms with Gasteiger partial charge in [-0.2, -0.15) is 4.98 Å². The molecule has 0 spiro atoms. The summed E-state index contributed by atoms with van der Waals surface area (Å²) in [5.41, 5.74) is -1.33. The molecule has 0 saturated heterocycles. The van der Waals surface area contributed by atoms with Crippen LogP contribution in [0.3, 0.4) is 0 Å². The van der Waals surface area contributed by atoms with Crippen molar-refractivity contribution in [2.45, 2.75) is 32.9 Å². The van der Waals surface area contributed by atoms with Gasteiger partial charge in [0, 0.05) is 0 Å². The van der Waals surface area contributed by atoms with Crippen LogP contribution in [0.4, 0.5) is 0 Å². The van der Waals surface area contributed by atoms with E-state index in [1.54, 1.807) is 6.92 Å². The highest BCUT2D eigenvalue weighted by Crippen LogP contribution is 2.02. The zero-order chi connectivity index (χ0) is 13.8. The molecule has 1 heterocycles. The molecule has 0 aromatic carbocycles. The van der Waals surface area contributed by atoms with Crippen molar-refractivity contribution in [2.24, 2.45) is 0 Å². The van der Waals surface area contributed by atoms with E-state index in [1.165, 1.54) is 13.8 Å². The Morgan fingerprint density at radius 1 is 1.50 bits per heavy atom. The predicted molar refractivity (Wildman–Crippen MR) is 58.5 cm³/mol. The first-order valence-corrected chi connectivity index (χ1v) is 5.22. The number of carboxylic acid groups (broad SMARTS) is 1. The van der Waals surface area contributed by atoms with Crippen LogP contribution in [-0.2, 0) is 20.9 Å². The molecule has 0 fully saturated rings. The lowest BCUT2D eigenvalue weighted by atomic mass is 10.1. The number of aromatic nitrogens is 2. The molecule has 8 heteroatoms. The van der Waals surface area contributed by atoms with Crippen molar-refractivity contribution in [3.63, 3.8) is 0 Å².